The van der Waals surface area contributed by atoms with E-state index in [4.69, 9.17) is 9.47 Å². The van der Waals surface area contributed by atoms with E-state index < -0.39 is 0 Å². The minimum absolute atomic E-state index is 0.206. The number of hydrogen-bond donors (Lipinski definition) is 2. The van der Waals surface area contributed by atoms with Gasteiger partial charge in [0.15, 0.2) is 5.96 Å². The summed E-state index contributed by atoms with van der Waals surface area (Å²) in [4.78, 5) is 6.60. The third kappa shape index (κ3) is 7.65. The third-order valence-electron chi connectivity index (χ3n) is 4.96. The molecule has 1 aliphatic heterocycles. The molecule has 2 aromatic rings. The molecule has 0 saturated carbocycles. The summed E-state index contributed by atoms with van der Waals surface area (Å²) in [6.45, 7) is 6.44. The van der Waals surface area contributed by atoms with E-state index in [1.165, 1.54) is 6.07 Å². The van der Waals surface area contributed by atoms with Crippen LogP contribution in [-0.4, -0.2) is 63.9 Å². The van der Waals surface area contributed by atoms with Crippen LogP contribution in [0.5, 0.6) is 5.75 Å². The Morgan fingerprint density at radius 2 is 1.90 bits per heavy atom. The fourth-order valence-electron chi connectivity index (χ4n) is 3.29. The number of benzene rings is 2. The van der Waals surface area contributed by atoms with E-state index in [9.17, 15) is 4.39 Å². The molecule has 7 heteroatoms. The Balaban J connectivity index is 1.38. The van der Waals surface area contributed by atoms with Gasteiger partial charge in [-0.3, -0.25) is 9.89 Å². The van der Waals surface area contributed by atoms with E-state index in [2.05, 4.69) is 26.6 Å². The number of rotatable bonds is 9. The van der Waals surface area contributed by atoms with E-state index in [1.807, 2.05) is 24.3 Å². The lowest BCUT2D eigenvalue weighted by Crippen LogP contribution is -2.38. The van der Waals surface area contributed by atoms with Crippen molar-refractivity contribution in [3.05, 3.63) is 65.5 Å². The standard InChI is InChI=1S/C23H31FN4O2/c1-25-23(26-9-8-19-4-2-6-21(24)16-19)27-18-20-5-3-7-22(17-20)30-15-12-28-10-13-29-14-11-28/h2-7,16-17H,8-15,18H2,1H3,(H2,25,26,27). The molecule has 0 aromatic heterocycles. The highest BCUT2D eigenvalue weighted by atomic mass is 19.1. The maximum atomic E-state index is 13.3. The highest BCUT2D eigenvalue weighted by molar-refractivity contribution is 5.79. The molecule has 1 heterocycles. The molecule has 6 nitrogen and oxygen atoms in total. The van der Waals surface area contributed by atoms with Crippen LogP contribution in [0.3, 0.4) is 0 Å². The predicted octanol–water partition coefficient (Wildman–Crippen LogP) is 2.44. The van der Waals surface area contributed by atoms with Crippen LogP contribution in [0.15, 0.2) is 53.5 Å². The lowest BCUT2D eigenvalue weighted by molar-refractivity contribution is 0.0322. The molecular formula is C23H31FN4O2. The number of ether oxygens (including phenoxy) is 2. The van der Waals surface area contributed by atoms with Gasteiger partial charge in [-0.15, -0.1) is 0 Å². The van der Waals surface area contributed by atoms with Crippen molar-refractivity contribution in [1.29, 1.82) is 0 Å². The highest BCUT2D eigenvalue weighted by Crippen LogP contribution is 2.13. The van der Waals surface area contributed by atoms with E-state index in [1.54, 1.807) is 19.2 Å². The summed E-state index contributed by atoms with van der Waals surface area (Å²) in [5.41, 5.74) is 2.08. The van der Waals surface area contributed by atoms with Crippen LogP contribution in [0, 0.1) is 5.82 Å². The smallest absolute Gasteiger partial charge is 0.191 e. The minimum atomic E-state index is -0.206. The van der Waals surface area contributed by atoms with Crippen LogP contribution in [0.2, 0.25) is 0 Å². The minimum Gasteiger partial charge on any atom is -0.492 e. The second kappa shape index (κ2) is 12.1. The zero-order chi connectivity index (χ0) is 21.0. The molecule has 3 rings (SSSR count). The Bertz CT molecular complexity index is 809. The molecule has 2 aromatic carbocycles. The second-order valence-electron chi connectivity index (χ2n) is 7.18. The Morgan fingerprint density at radius 3 is 2.70 bits per heavy atom. The van der Waals surface area contributed by atoms with E-state index >= 15 is 0 Å². The molecule has 0 aliphatic carbocycles. The van der Waals surface area contributed by atoms with Crippen molar-refractivity contribution in [3.63, 3.8) is 0 Å². The molecule has 1 saturated heterocycles. The first-order valence-electron chi connectivity index (χ1n) is 10.4. The van der Waals surface area contributed by atoms with Gasteiger partial charge in [0.05, 0.1) is 13.2 Å². The molecule has 0 spiro atoms. The number of nitrogens with one attached hydrogen (secondary N) is 2. The summed E-state index contributed by atoms with van der Waals surface area (Å²) in [7, 11) is 1.74. The first kappa shape index (κ1) is 22.1. The molecule has 0 amide bonds. The van der Waals surface area contributed by atoms with Crippen molar-refractivity contribution < 1.29 is 13.9 Å². The number of morpholine rings is 1. The van der Waals surface area contributed by atoms with Gasteiger partial charge >= 0.3 is 0 Å². The van der Waals surface area contributed by atoms with Crippen molar-refractivity contribution in [2.24, 2.45) is 4.99 Å². The van der Waals surface area contributed by atoms with Gasteiger partial charge in [0.25, 0.3) is 0 Å². The first-order chi connectivity index (χ1) is 14.7. The fraction of sp³-hybridized carbons (Fsp3) is 0.435. The first-order valence-corrected chi connectivity index (χ1v) is 10.4. The average Bonchev–Trinajstić information content (AvgIpc) is 2.77. The van der Waals surface area contributed by atoms with Crippen LogP contribution in [0.1, 0.15) is 11.1 Å². The van der Waals surface area contributed by atoms with Gasteiger partial charge in [-0.05, 0) is 41.8 Å². The van der Waals surface area contributed by atoms with Crippen molar-refractivity contribution in [2.45, 2.75) is 13.0 Å². The number of nitrogens with zero attached hydrogens (tertiary/aromatic N) is 2. The molecule has 0 radical (unpaired) electrons. The van der Waals surface area contributed by atoms with E-state index in [0.29, 0.717) is 25.7 Å². The summed E-state index contributed by atoms with van der Waals surface area (Å²) >= 11 is 0. The lowest BCUT2D eigenvalue weighted by Gasteiger charge is -2.26. The van der Waals surface area contributed by atoms with Gasteiger partial charge < -0.3 is 20.1 Å². The van der Waals surface area contributed by atoms with Gasteiger partial charge in [0.1, 0.15) is 18.2 Å². The molecule has 2 N–H and O–H groups in total. The third-order valence-corrected chi connectivity index (χ3v) is 4.96. The number of hydrogen-bond acceptors (Lipinski definition) is 4. The Hall–Kier alpha value is -2.64. The summed E-state index contributed by atoms with van der Waals surface area (Å²) in [5, 5.41) is 6.57. The van der Waals surface area contributed by atoms with Gasteiger partial charge in [-0.1, -0.05) is 24.3 Å². The fourth-order valence-corrected chi connectivity index (χ4v) is 3.29. The summed E-state index contributed by atoms with van der Waals surface area (Å²) in [5.74, 6) is 1.38. The molecular weight excluding hydrogens is 383 g/mol. The molecule has 0 unspecified atom stereocenters. The maximum Gasteiger partial charge on any atom is 0.191 e. The molecule has 1 fully saturated rings. The monoisotopic (exact) mass is 414 g/mol. The summed E-state index contributed by atoms with van der Waals surface area (Å²) in [6.07, 6.45) is 0.727. The Morgan fingerprint density at radius 1 is 1.10 bits per heavy atom. The Kier molecular flexibility index (Phi) is 8.93. The van der Waals surface area contributed by atoms with Gasteiger partial charge in [0.2, 0.25) is 0 Å². The summed E-state index contributed by atoms with van der Waals surface area (Å²) in [6, 6.07) is 14.8. The molecule has 162 valence electrons. The van der Waals surface area contributed by atoms with Crippen LogP contribution < -0.4 is 15.4 Å². The zero-order valence-electron chi connectivity index (χ0n) is 17.6. The van der Waals surface area contributed by atoms with Gasteiger partial charge in [-0.2, -0.15) is 0 Å². The lowest BCUT2D eigenvalue weighted by atomic mass is 10.1. The van der Waals surface area contributed by atoms with Crippen molar-refractivity contribution in [3.8, 4) is 5.75 Å². The predicted molar refractivity (Wildman–Crippen MR) is 118 cm³/mol. The number of aliphatic imine (C=N–C) groups is 1. The SMILES string of the molecule is CN=C(NCCc1cccc(F)c1)NCc1cccc(OCCN2CCOCC2)c1. The molecule has 30 heavy (non-hydrogen) atoms. The van der Waals surface area contributed by atoms with E-state index in [0.717, 1.165) is 56.1 Å². The normalized spacial score (nSPS) is 15.1. The largest absolute Gasteiger partial charge is 0.492 e. The maximum absolute atomic E-state index is 13.3. The number of halogens is 1. The van der Waals surface area contributed by atoms with Crippen LogP contribution in [0.25, 0.3) is 0 Å². The summed E-state index contributed by atoms with van der Waals surface area (Å²) < 4.78 is 24.5. The van der Waals surface area contributed by atoms with Crippen molar-refractivity contribution >= 4 is 5.96 Å². The topological polar surface area (TPSA) is 58.1 Å². The average molecular weight is 415 g/mol. The molecule has 1 aliphatic rings. The van der Waals surface area contributed by atoms with Crippen molar-refractivity contribution in [1.82, 2.24) is 15.5 Å². The quantitative estimate of drug-likeness (QED) is 0.488. The van der Waals surface area contributed by atoms with Crippen molar-refractivity contribution in [2.75, 3.05) is 53.0 Å². The van der Waals surface area contributed by atoms with Crippen LogP contribution >= 0.6 is 0 Å². The van der Waals surface area contributed by atoms with Gasteiger partial charge in [0, 0.05) is 39.8 Å². The Labute approximate surface area is 178 Å². The van der Waals surface area contributed by atoms with E-state index in [-0.39, 0.29) is 5.82 Å². The number of guanidine groups is 1. The second-order valence-corrected chi connectivity index (χ2v) is 7.18. The molecule has 0 bridgehead atoms. The van der Waals surface area contributed by atoms with Crippen LogP contribution in [0.4, 0.5) is 4.39 Å². The highest BCUT2D eigenvalue weighted by Gasteiger charge is 2.09. The van der Waals surface area contributed by atoms with Crippen LogP contribution in [-0.2, 0) is 17.7 Å². The molecule has 0 atom stereocenters. The van der Waals surface area contributed by atoms with Gasteiger partial charge in [-0.25, -0.2) is 4.39 Å². The zero-order valence-corrected chi connectivity index (χ0v) is 17.6.